The first-order valence-electron chi connectivity index (χ1n) is 10.1. The molecule has 2 heterocycles. The molecule has 1 aromatic carbocycles. The van der Waals surface area contributed by atoms with E-state index in [0.717, 1.165) is 42.4 Å². The first-order chi connectivity index (χ1) is 13.6. The zero-order chi connectivity index (χ0) is 21.2. The maximum atomic E-state index is 13.0. The molecule has 0 saturated carbocycles. The minimum atomic E-state index is -4.34. The van der Waals surface area contributed by atoms with Crippen LogP contribution >= 0.6 is 0 Å². The lowest BCUT2D eigenvalue weighted by molar-refractivity contribution is -0.137. The molecule has 1 amide bonds. The van der Waals surface area contributed by atoms with Crippen LogP contribution in [0.25, 0.3) is 0 Å². The first kappa shape index (κ1) is 21.3. The van der Waals surface area contributed by atoms with Gasteiger partial charge < -0.3 is 4.90 Å². The third-order valence-corrected chi connectivity index (χ3v) is 5.34. The fourth-order valence-corrected chi connectivity index (χ4v) is 3.96. The van der Waals surface area contributed by atoms with E-state index in [1.54, 1.807) is 6.07 Å². The molecule has 156 valence electrons. The van der Waals surface area contributed by atoms with Crippen molar-refractivity contribution >= 4 is 5.91 Å². The molecule has 1 aliphatic heterocycles. The van der Waals surface area contributed by atoms with E-state index in [1.165, 1.54) is 12.1 Å². The van der Waals surface area contributed by atoms with Crippen LogP contribution in [0.2, 0.25) is 0 Å². The number of amides is 1. The molecular formula is C23H27F3N2O. The van der Waals surface area contributed by atoms with E-state index in [1.807, 2.05) is 37.8 Å². The number of carbonyl (C=O) groups excluding carboxylic acids is 1. The van der Waals surface area contributed by atoms with Crippen LogP contribution in [0.15, 0.2) is 36.4 Å². The molecule has 0 N–H and O–H groups in total. The minimum Gasteiger partial charge on any atom is -0.342 e. The van der Waals surface area contributed by atoms with Crippen LogP contribution in [0.1, 0.15) is 60.7 Å². The number of benzene rings is 1. The lowest BCUT2D eigenvalue weighted by Gasteiger charge is -2.34. The summed E-state index contributed by atoms with van der Waals surface area (Å²) in [6.07, 6.45) is -2.03. The average Bonchev–Trinajstić information content (AvgIpc) is 2.66. The number of alkyl halides is 3. The molecule has 29 heavy (non-hydrogen) atoms. The average molecular weight is 404 g/mol. The van der Waals surface area contributed by atoms with E-state index in [-0.39, 0.29) is 17.7 Å². The molecule has 2 aromatic rings. The van der Waals surface area contributed by atoms with E-state index < -0.39 is 11.7 Å². The van der Waals surface area contributed by atoms with Gasteiger partial charge in [0.05, 0.1) is 5.56 Å². The number of nitrogens with zero attached hydrogens (tertiary/aromatic N) is 2. The molecule has 1 saturated heterocycles. The quantitative estimate of drug-likeness (QED) is 0.687. The summed E-state index contributed by atoms with van der Waals surface area (Å²) >= 11 is 0. The molecule has 0 radical (unpaired) electrons. The highest BCUT2D eigenvalue weighted by Gasteiger charge is 2.30. The van der Waals surface area contributed by atoms with Crippen LogP contribution in [-0.2, 0) is 17.4 Å². The molecule has 1 fully saturated rings. The van der Waals surface area contributed by atoms with E-state index in [4.69, 9.17) is 0 Å². The zero-order valence-electron chi connectivity index (χ0n) is 17.1. The van der Waals surface area contributed by atoms with E-state index in [0.29, 0.717) is 18.5 Å². The Morgan fingerprint density at radius 3 is 2.66 bits per heavy atom. The minimum absolute atomic E-state index is 0.0318. The largest absolute Gasteiger partial charge is 0.416 e. The molecule has 0 unspecified atom stereocenters. The van der Waals surface area contributed by atoms with Gasteiger partial charge in [-0.05, 0) is 55.5 Å². The van der Waals surface area contributed by atoms with Gasteiger partial charge in [-0.1, -0.05) is 32.0 Å². The number of aromatic nitrogens is 1. The molecular weight excluding hydrogens is 377 g/mol. The highest BCUT2D eigenvalue weighted by Crippen LogP contribution is 2.31. The summed E-state index contributed by atoms with van der Waals surface area (Å²) in [4.78, 5) is 19.0. The van der Waals surface area contributed by atoms with Crippen LogP contribution in [-0.4, -0.2) is 28.9 Å². The number of halogens is 3. The second-order valence-electron chi connectivity index (χ2n) is 8.19. The van der Waals surface area contributed by atoms with Crippen molar-refractivity contribution < 1.29 is 18.0 Å². The smallest absolute Gasteiger partial charge is 0.342 e. The van der Waals surface area contributed by atoms with Gasteiger partial charge in [0.2, 0.25) is 5.91 Å². The lowest BCUT2D eigenvalue weighted by atomic mass is 9.91. The van der Waals surface area contributed by atoms with Crippen LogP contribution in [0.4, 0.5) is 13.2 Å². The number of carbonyl (C=O) groups is 1. The van der Waals surface area contributed by atoms with Crippen LogP contribution < -0.4 is 0 Å². The number of hydrogen-bond donors (Lipinski definition) is 0. The Kier molecular flexibility index (Phi) is 6.30. The monoisotopic (exact) mass is 404 g/mol. The molecule has 0 spiro atoms. The summed E-state index contributed by atoms with van der Waals surface area (Å²) in [6, 6.07) is 9.37. The summed E-state index contributed by atoms with van der Waals surface area (Å²) in [5.41, 5.74) is 2.71. The maximum Gasteiger partial charge on any atom is 0.416 e. The van der Waals surface area contributed by atoms with Crippen molar-refractivity contribution in [1.82, 2.24) is 9.88 Å². The summed E-state index contributed by atoms with van der Waals surface area (Å²) < 4.78 is 39.0. The predicted molar refractivity (Wildman–Crippen MR) is 107 cm³/mol. The summed E-state index contributed by atoms with van der Waals surface area (Å²) in [6.45, 7) is 7.14. The van der Waals surface area contributed by atoms with Gasteiger partial charge in [-0.15, -0.1) is 0 Å². The van der Waals surface area contributed by atoms with Crippen molar-refractivity contribution in [2.75, 3.05) is 13.1 Å². The van der Waals surface area contributed by atoms with Gasteiger partial charge in [-0.2, -0.15) is 13.2 Å². The van der Waals surface area contributed by atoms with Crippen molar-refractivity contribution in [3.8, 4) is 0 Å². The second-order valence-corrected chi connectivity index (χ2v) is 8.19. The molecule has 1 aromatic heterocycles. The van der Waals surface area contributed by atoms with Gasteiger partial charge in [-0.25, -0.2) is 0 Å². The maximum absolute atomic E-state index is 13.0. The van der Waals surface area contributed by atoms with E-state index >= 15 is 0 Å². The zero-order valence-corrected chi connectivity index (χ0v) is 17.1. The number of piperidine rings is 1. The van der Waals surface area contributed by atoms with Gasteiger partial charge in [0.25, 0.3) is 0 Å². The fraction of sp³-hybridized carbons (Fsp3) is 0.478. The van der Waals surface area contributed by atoms with Gasteiger partial charge in [0.1, 0.15) is 0 Å². The Bertz CT molecular complexity index is 877. The highest BCUT2D eigenvalue weighted by molar-refractivity contribution is 5.78. The molecule has 0 bridgehead atoms. The Balaban J connectivity index is 1.81. The third kappa shape index (κ3) is 5.37. The molecule has 6 heteroatoms. The molecule has 1 aliphatic rings. The van der Waals surface area contributed by atoms with Gasteiger partial charge in [0, 0.05) is 36.3 Å². The SMILES string of the molecule is Cc1cc(Cc2cccc(C(F)(F)F)c2)cc([C@H]2CCCN(C(=O)C(C)C)C2)n1. The van der Waals surface area contributed by atoms with Gasteiger partial charge >= 0.3 is 6.18 Å². The first-order valence-corrected chi connectivity index (χ1v) is 10.1. The van der Waals surface area contributed by atoms with Crippen molar-refractivity contribution in [2.45, 2.75) is 52.1 Å². The molecule has 3 nitrogen and oxygen atoms in total. The topological polar surface area (TPSA) is 33.2 Å². The van der Waals surface area contributed by atoms with Crippen molar-refractivity contribution in [3.05, 3.63) is 64.5 Å². The summed E-state index contributed by atoms with van der Waals surface area (Å²) in [5.74, 6) is 0.286. The van der Waals surface area contributed by atoms with Gasteiger partial charge in [-0.3, -0.25) is 9.78 Å². The number of likely N-dealkylation sites (tertiary alicyclic amines) is 1. The number of hydrogen-bond acceptors (Lipinski definition) is 2. The summed E-state index contributed by atoms with van der Waals surface area (Å²) in [7, 11) is 0. The Labute approximate surface area is 169 Å². The number of rotatable bonds is 4. The van der Waals surface area contributed by atoms with Crippen molar-refractivity contribution in [3.63, 3.8) is 0 Å². The molecule has 3 rings (SSSR count). The molecule has 1 atom stereocenters. The van der Waals surface area contributed by atoms with Crippen molar-refractivity contribution in [1.29, 1.82) is 0 Å². The Morgan fingerprint density at radius 1 is 1.21 bits per heavy atom. The third-order valence-electron chi connectivity index (χ3n) is 5.34. The van der Waals surface area contributed by atoms with E-state index in [9.17, 15) is 18.0 Å². The predicted octanol–water partition coefficient (Wildman–Crippen LogP) is 5.36. The van der Waals surface area contributed by atoms with Crippen LogP contribution in [0.5, 0.6) is 0 Å². The number of aryl methyl sites for hydroxylation is 1. The van der Waals surface area contributed by atoms with Crippen LogP contribution in [0, 0.1) is 12.8 Å². The second kappa shape index (κ2) is 8.56. The normalized spacial score (nSPS) is 17.6. The van der Waals surface area contributed by atoms with Crippen molar-refractivity contribution in [2.24, 2.45) is 5.92 Å². The number of pyridine rings is 1. The highest BCUT2D eigenvalue weighted by atomic mass is 19.4. The Hall–Kier alpha value is -2.37. The standard InChI is InChI=1S/C23H27F3N2O/c1-15(2)22(29)28-9-5-7-19(14-28)21-13-18(10-16(3)27-21)11-17-6-4-8-20(12-17)23(24,25)26/h4,6,8,10,12-13,15,19H,5,7,9,11,14H2,1-3H3/t19-/m0/s1. The lowest BCUT2D eigenvalue weighted by Crippen LogP contribution is -2.41. The van der Waals surface area contributed by atoms with Gasteiger partial charge in [0.15, 0.2) is 0 Å². The van der Waals surface area contributed by atoms with E-state index in [2.05, 4.69) is 4.98 Å². The summed E-state index contributed by atoms with van der Waals surface area (Å²) in [5, 5.41) is 0. The fourth-order valence-electron chi connectivity index (χ4n) is 3.96. The Morgan fingerprint density at radius 2 is 1.97 bits per heavy atom. The molecule has 0 aliphatic carbocycles. The van der Waals surface area contributed by atoms with Crippen LogP contribution in [0.3, 0.4) is 0 Å².